The summed E-state index contributed by atoms with van der Waals surface area (Å²) in [7, 11) is 0. The van der Waals surface area contributed by atoms with E-state index < -0.39 is 0 Å². The number of hydrogen-bond acceptors (Lipinski definition) is 1. The number of halogens is 4. The highest BCUT2D eigenvalue weighted by Gasteiger charge is 2.75. The van der Waals surface area contributed by atoms with Crippen LogP contribution in [0.4, 0.5) is 0 Å². The minimum atomic E-state index is -0.365. The van der Waals surface area contributed by atoms with E-state index in [2.05, 4.69) is 77.6 Å². The highest BCUT2D eigenvalue weighted by atomic mass is 79.9. The lowest BCUT2D eigenvalue weighted by atomic mass is 9.65. The molecule has 0 amide bonds. The lowest BCUT2D eigenvalue weighted by Crippen LogP contribution is -2.47. The summed E-state index contributed by atoms with van der Waals surface area (Å²) < 4.78 is -0.342. The molecule has 1 nitrogen and oxygen atoms in total. The smallest absolute Gasteiger partial charge is 0.159 e. The van der Waals surface area contributed by atoms with Crippen molar-refractivity contribution in [2.24, 2.45) is 10.8 Å². The molecule has 0 N–H and O–H groups in total. The number of alkyl halides is 4. The van der Waals surface area contributed by atoms with Crippen molar-refractivity contribution >= 4 is 69.5 Å². The quantitative estimate of drug-likeness (QED) is 0.523. The number of carbonyl (C=O) groups is 1. The highest BCUT2D eigenvalue weighted by molar-refractivity contribution is 9.24. The molecule has 2 bridgehead atoms. The number of hydrogen-bond donors (Lipinski definition) is 0. The Balaban J connectivity index is 2.59. The Kier molecular flexibility index (Phi) is 3.08. The van der Waals surface area contributed by atoms with Crippen LogP contribution in [0.15, 0.2) is 0 Å². The molecule has 2 aliphatic carbocycles. The molecule has 0 radical (unpaired) electrons. The maximum Gasteiger partial charge on any atom is 0.159 e. The summed E-state index contributed by atoms with van der Waals surface area (Å²) in [5.41, 5.74) is -0.353. The molecule has 2 aliphatic rings. The number of Topliss-reactive ketones (excluding diaryl/α,β-unsaturated/α-hetero) is 1. The largest absolute Gasteiger partial charge is 0.297 e. The van der Waals surface area contributed by atoms with Crippen molar-refractivity contribution in [1.82, 2.24) is 0 Å². The van der Waals surface area contributed by atoms with Crippen LogP contribution in [0.3, 0.4) is 0 Å². The first-order chi connectivity index (χ1) is 6.71. The summed E-state index contributed by atoms with van der Waals surface area (Å²) in [4.78, 5) is 12.7. The van der Waals surface area contributed by atoms with Crippen molar-refractivity contribution < 1.29 is 4.79 Å². The lowest BCUT2D eigenvalue weighted by Gasteiger charge is -2.43. The zero-order valence-electron chi connectivity index (χ0n) is 8.49. The van der Waals surface area contributed by atoms with Gasteiger partial charge in [0.1, 0.15) is 0 Å². The van der Waals surface area contributed by atoms with Crippen molar-refractivity contribution in [3.63, 3.8) is 0 Å². The van der Waals surface area contributed by atoms with E-state index in [0.29, 0.717) is 5.78 Å². The van der Waals surface area contributed by atoms with Crippen molar-refractivity contribution in [2.75, 3.05) is 0 Å². The molecule has 0 aromatic heterocycles. The summed E-state index contributed by atoms with van der Waals surface area (Å²) in [6, 6.07) is 0. The summed E-state index contributed by atoms with van der Waals surface area (Å²) in [6.45, 7) is 4.26. The summed E-state index contributed by atoms with van der Waals surface area (Å²) in [5.74, 6) is 0.310. The minimum Gasteiger partial charge on any atom is -0.297 e. The standard InChI is InChI=1S/C10H12Br4O/c1-8-3-4-10(14,5(8)11)6(15)9(8,2)7(12)13/h5,7H,3-4H2,1-2H3. The van der Waals surface area contributed by atoms with Gasteiger partial charge in [0.25, 0.3) is 0 Å². The topological polar surface area (TPSA) is 17.1 Å². The van der Waals surface area contributed by atoms with Crippen molar-refractivity contribution in [1.29, 1.82) is 0 Å². The van der Waals surface area contributed by atoms with Crippen LogP contribution in [0, 0.1) is 10.8 Å². The van der Waals surface area contributed by atoms with Crippen LogP contribution in [0.2, 0.25) is 0 Å². The zero-order valence-corrected chi connectivity index (χ0v) is 14.8. The molecule has 5 heteroatoms. The first kappa shape index (κ1) is 13.0. The average molecular weight is 468 g/mol. The number of ketones is 1. The SMILES string of the molecule is CC12CCC(Br)(C(=O)C1(C)C(Br)Br)C2Br. The molecule has 0 saturated heterocycles. The third-order valence-electron chi connectivity index (χ3n) is 4.44. The normalized spacial score (nSPS) is 54.3. The molecular weight excluding hydrogens is 456 g/mol. The second kappa shape index (κ2) is 3.55. The van der Waals surface area contributed by atoms with E-state index in [0.717, 1.165) is 12.8 Å². The van der Waals surface area contributed by atoms with Gasteiger partial charge >= 0.3 is 0 Å². The van der Waals surface area contributed by atoms with E-state index in [4.69, 9.17) is 0 Å². The molecule has 86 valence electrons. The van der Waals surface area contributed by atoms with Gasteiger partial charge in [0, 0.05) is 4.83 Å². The van der Waals surface area contributed by atoms with Crippen molar-refractivity contribution in [2.45, 2.75) is 39.6 Å². The molecule has 2 saturated carbocycles. The van der Waals surface area contributed by atoms with Crippen molar-refractivity contribution in [3.8, 4) is 0 Å². The Bertz CT molecular complexity index is 331. The van der Waals surface area contributed by atoms with Crippen LogP contribution < -0.4 is 0 Å². The Morgan fingerprint density at radius 1 is 1.33 bits per heavy atom. The molecule has 4 unspecified atom stereocenters. The van der Waals surface area contributed by atoms with E-state index in [-0.39, 0.29) is 23.7 Å². The van der Waals surface area contributed by atoms with E-state index >= 15 is 0 Å². The van der Waals surface area contributed by atoms with Crippen LogP contribution in [0.5, 0.6) is 0 Å². The number of fused-ring (bicyclic) bond motifs is 2. The molecule has 2 fully saturated rings. The number of rotatable bonds is 1. The highest BCUT2D eigenvalue weighted by Crippen LogP contribution is 2.71. The fourth-order valence-electron chi connectivity index (χ4n) is 2.99. The number of carbonyl (C=O) groups excluding carboxylic acids is 1. The van der Waals surface area contributed by atoms with Gasteiger partial charge < -0.3 is 0 Å². The molecule has 2 rings (SSSR count). The summed E-state index contributed by atoms with van der Waals surface area (Å²) >= 11 is 14.5. The van der Waals surface area contributed by atoms with E-state index in [9.17, 15) is 4.79 Å². The van der Waals surface area contributed by atoms with Gasteiger partial charge in [-0.05, 0) is 18.3 Å². The van der Waals surface area contributed by atoms with Gasteiger partial charge in [-0.25, -0.2) is 0 Å². The van der Waals surface area contributed by atoms with Gasteiger partial charge in [0.2, 0.25) is 0 Å². The molecule has 0 spiro atoms. The molecule has 4 atom stereocenters. The molecular formula is C10H12Br4O. The van der Waals surface area contributed by atoms with Gasteiger partial charge in [-0.15, -0.1) is 0 Å². The maximum atomic E-state index is 12.5. The zero-order chi connectivity index (χ0) is 11.6. The van der Waals surface area contributed by atoms with Crippen LogP contribution in [-0.2, 0) is 4.79 Å². The van der Waals surface area contributed by atoms with E-state index in [1.165, 1.54) is 0 Å². The van der Waals surface area contributed by atoms with E-state index in [1.54, 1.807) is 0 Å². The second-order valence-corrected chi connectivity index (χ2v) is 10.4. The summed E-state index contributed by atoms with van der Waals surface area (Å²) in [5, 5.41) is 0. The van der Waals surface area contributed by atoms with Gasteiger partial charge in [-0.1, -0.05) is 77.6 Å². The lowest BCUT2D eigenvalue weighted by molar-refractivity contribution is -0.131. The minimum absolute atomic E-state index is 0.00521. The van der Waals surface area contributed by atoms with Gasteiger partial charge in [-0.3, -0.25) is 4.79 Å². The Morgan fingerprint density at radius 2 is 1.87 bits per heavy atom. The Labute approximate surface area is 124 Å². The van der Waals surface area contributed by atoms with Crippen LogP contribution in [0.1, 0.15) is 26.7 Å². The van der Waals surface area contributed by atoms with Gasteiger partial charge in [0.15, 0.2) is 5.78 Å². The molecule has 0 aliphatic heterocycles. The average Bonchev–Trinajstić information content (AvgIpc) is 2.46. The molecule has 0 aromatic rings. The fraction of sp³-hybridized carbons (Fsp3) is 0.900. The monoisotopic (exact) mass is 464 g/mol. The van der Waals surface area contributed by atoms with Gasteiger partial charge in [-0.2, -0.15) is 0 Å². The first-order valence-electron chi connectivity index (χ1n) is 4.87. The predicted molar refractivity (Wildman–Crippen MR) is 76.5 cm³/mol. The predicted octanol–water partition coefficient (Wildman–Crippen LogP) is 4.39. The maximum absolute atomic E-state index is 12.5. The van der Waals surface area contributed by atoms with Crippen LogP contribution >= 0.6 is 63.7 Å². The van der Waals surface area contributed by atoms with Crippen LogP contribution in [-0.4, -0.2) is 18.7 Å². The second-order valence-electron chi connectivity index (χ2n) is 4.97. The Morgan fingerprint density at radius 3 is 2.13 bits per heavy atom. The van der Waals surface area contributed by atoms with E-state index in [1.807, 2.05) is 0 Å². The Hall–Kier alpha value is 1.59. The third kappa shape index (κ3) is 1.27. The van der Waals surface area contributed by atoms with Crippen LogP contribution in [0.25, 0.3) is 0 Å². The van der Waals surface area contributed by atoms with Crippen molar-refractivity contribution in [3.05, 3.63) is 0 Å². The third-order valence-corrected chi connectivity index (χ3v) is 9.89. The van der Waals surface area contributed by atoms with Gasteiger partial charge in [0.05, 0.1) is 13.5 Å². The fourth-order valence-corrected chi connectivity index (χ4v) is 6.71. The summed E-state index contributed by atoms with van der Waals surface area (Å²) in [6.07, 6.45) is 2.00. The molecule has 0 heterocycles. The molecule has 0 aromatic carbocycles. The first-order valence-corrected chi connectivity index (χ1v) is 8.41. The molecule has 15 heavy (non-hydrogen) atoms.